The van der Waals surface area contributed by atoms with Gasteiger partial charge < -0.3 is 9.30 Å². The lowest BCUT2D eigenvalue weighted by Gasteiger charge is -2.23. The van der Waals surface area contributed by atoms with E-state index in [0.717, 1.165) is 24.5 Å². The average Bonchev–Trinajstić information content (AvgIpc) is 3.20. The summed E-state index contributed by atoms with van der Waals surface area (Å²) in [6.07, 6.45) is 5.79. The molecule has 0 radical (unpaired) electrons. The number of imidazole rings is 1. The Morgan fingerprint density at radius 2 is 1.74 bits per heavy atom. The van der Waals surface area contributed by atoms with E-state index in [1.54, 1.807) is 24.3 Å². The van der Waals surface area contributed by atoms with Gasteiger partial charge in [0.1, 0.15) is 18.2 Å². The molecule has 5 rings (SSSR count). The Hall–Kier alpha value is -3.43. The molecular formula is C28H24ClF2N3O. The van der Waals surface area contributed by atoms with Crippen molar-refractivity contribution in [3.63, 3.8) is 0 Å². The zero-order valence-corrected chi connectivity index (χ0v) is 19.9. The first-order valence-corrected chi connectivity index (χ1v) is 12.2. The van der Waals surface area contributed by atoms with E-state index < -0.39 is 11.6 Å². The fourth-order valence-electron chi connectivity index (χ4n) is 4.78. The number of benzene rings is 3. The van der Waals surface area contributed by atoms with E-state index in [1.165, 1.54) is 25.3 Å². The summed E-state index contributed by atoms with van der Waals surface area (Å²) in [6.45, 7) is 0.944. The van der Waals surface area contributed by atoms with Crippen LogP contribution in [0.1, 0.15) is 43.2 Å². The molecule has 35 heavy (non-hydrogen) atoms. The third-order valence-corrected chi connectivity index (χ3v) is 6.85. The molecule has 0 bridgehead atoms. The highest BCUT2D eigenvalue weighted by molar-refractivity contribution is 6.30. The molecule has 3 aromatic carbocycles. The van der Waals surface area contributed by atoms with Crippen LogP contribution in [-0.4, -0.2) is 9.55 Å². The third kappa shape index (κ3) is 5.01. The Morgan fingerprint density at radius 1 is 1.00 bits per heavy atom. The van der Waals surface area contributed by atoms with E-state index in [4.69, 9.17) is 26.6 Å². The van der Waals surface area contributed by atoms with Crippen molar-refractivity contribution in [1.29, 1.82) is 5.26 Å². The molecule has 4 aromatic rings. The van der Waals surface area contributed by atoms with Crippen LogP contribution in [0.5, 0.6) is 5.75 Å². The minimum Gasteiger partial charge on any atom is -0.488 e. The molecule has 7 heteroatoms. The minimum absolute atomic E-state index is 0.269. The smallest absolute Gasteiger partial charge is 0.161 e. The predicted octanol–water partition coefficient (Wildman–Crippen LogP) is 7.67. The normalized spacial score (nSPS) is 14.2. The van der Waals surface area contributed by atoms with Crippen molar-refractivity contribution in [2.24, 2.45) is 5.92 Å². The summed E-state index contributed by atoms with van der Waals surface area (Å²) < 4.78 is 36.4. The molecule has 1 saturated carbocycles. The number of fused-ring (bicyclic) bond motifs is 1. The molecule has 1 fully saturated rings. The van der Waals surface area contributed by atoms with Gasteiger partial charge >= 0.3 is 0 Å². The zero-order valence-electron chi connectivity index (χ0n) is 19.1. The Bertz CT molecular complexity index is 1400. The van der Waals surface area contributed by atoms with Crippen LogP contribution < -0.4 is 4.74 Å². The monoisotopic (exact) mass is 491 g/mol. The number of nitriles is 1. The summed E-state index contributed by atoms with van der Waals surface area (Å²) in [7, 11) is 0. The van der Waals surface area contributed by atoms with Crippen molar-refractivity contribution in [3.05, 3.63) is 82.4 Å². The van der Waals surface area contributed by atoms with Crippen LogP contribution in [0.3, 0.4) is 0 Å². The van der Waals surface area contributed by atoms with Gasteiger partial charge in [0.2, 0.25) is 0 Å². The van der Waals surface area contributed by atoms with Crippen molar-refractivity contribution in [2.45, 2.75) is 45.3 Å². The lowest BCUT2D eigenvalue weighted by atomic mass is 9.89. The van der Waals surface area contributed by atoms with Crippen LogP contribution in [-0.2, 0) is 13.2 Å². The maximum Gasteiger partial charge on any atom is 0.161 e. The van der Waals surface area contributed by atoms with Gasteiger partial charge in [0.25, 0.3) is 0 Å². The molecule has 4 nitrogen and oxygen atoms in total. The van der Waals surface area contributed by atoms with Crippen LogP contribution >= 0.6 is 11.6 Å². The first-order chi connectivity index (χ1) is 17.0. The van der Waals surface area contributed by atoms with Gasteiger partial charge in [-0.3, -0.25) is 0 Å². The Labute approximate surface area is 207 Å². The van der Waals surface area contributed by atoms with Gasteiger partial charge in [-0.1, -0.05) is 43.0 Å². The topological polar surface area (TPSA) is 50.8 Å². The fourth-order valence-corrected chi connectivity index (χ4v) is 4.94. The van der Waals surface area contributed by atoms with E-state index in [-0.39, 0.29) is 6.61 Å². The van der Waals surface area contributed by atoms with E-state index in [1.807, 2.05) is 22.8 Å². The minimum atomic E-state index is -0.917. The Morgan fingerprint density at radius 3 is 2.49 bits per heavy atom. The highest BCUT2D eigenvalue weighted by atomic mass is 35.5. The highest BCUT2D eigenvalue weighted by Crippen LogP contribution is 2.37. The Balaban J connectivity index is 1.55. The summed E-state index contributed by atoms with van der Waals surface area (Å²) in [4.78, 5) is 4.72. The summed E-state index contributed by atoms with van der Waals surface area (Å²) in [6, 6.07) is 17.0. The number of hydrogen-bond acceptors (Lipinski definition) is 3. The van der Waals surface area contributed by atoms with E-state index in [9.17, 15) is 8.78 Å². The van der Waals surface area contributed by atoms with Gasteiger partial charge in [0.05, 0.1) is 28.2 Å². The maximum atomic E-state index is 14.2. The lowest BCUT2D eigenvalue weighted by Crippen LogP contribution is -2.15. The van der Waals surface area contributed by atoms with Crippen molar-refractivity contribution >= 4 is 22.6 Å². The van der Waals surface area contributed by atoms with E-state index >= 15 is 0 Å². The summed E-state index contributed by atoms with van der Waals surface area (Å²) in [5.41, 5.74) is 3.15. The van der Waals surface area contributed by atoms with Crippen molar-refractivity contribution in [1.82, 2.24) is 9.55 Å². The van der Waals surface area contributed by atoms with Gasteiger partial charge in [-0.2, -0.15) is 5.26 Å². The van der Waals surface area contributed by atoms with Crippen molar-refractivity contribution < 1.29 is 13.5 Å². The number of hydrogen-bond donors (Lipinski definition) is 0. The molecule has 0 amide bonds. The molecule has 178 valence electrons. The quantitative estimate of drug-likeness (QED) is 0.278. The number of ether oxygens (including phenoxy) is 1. The number of nitrogens with zero attached hydrogens (tertiary/aromatic N) is 3. The number of halogens is 3. The van der Waals surface area contributed by atoms with Crippen LogP contribution in [0, 0.1) is 28.9 Å². The SMILES string of the molecule is N#Cc1ccc(COc2cc(Cl)ccc2-c2nc3cc(F)c(F)cc3n2CC2CCCCC2)cc1. The summed E-state index contributed by atoms with van der Waals surface area (Å²) in [5, 5.41) is 9.52. The van der Waals surface area contributed by atoms with Crippen LogP contribution in [0.4, 0.5) is 8.78 Å². The third-order valence-electron chi connectivity index (χ3n) is 6.62. The van der Waals surface area contributed by atoms with Gasteiger partial charge in [0, 0.05) is 23.7 Å². The molecular weight excluding hydrogens is 468 g/mol. The van der Waals surface area contributed by atoms with Gasteiger partial charge in [-0.15, -0.1) is 0 Å². The fraction of sp³-hybridized carbons (Fsp3) is 0.286. The Kier molecular flexibility index (Phi) is 6.70. The molecule has 1 aromatic heterocycles. The molecule has 0 N–H and O–H groups in total. The molecule has 1 aliphatic carbocycles. The molecule has 0 aliphatic heterocycles. The molecule has 0 atom stereocenters. The first kappa shape index (κ1) is 23.3. The van der Waals surface area contributed by atoms with E-state index in [0.29, 0.717) is 51.2 Å². The van der Waals surface area contributed by atoms with Crippen molar-refractivity contribution in [2.75, 3.05) is 0 Å². The predicted molar refractivity (Wildman–Crippen MR) is 132 cm³/mol. The molecule has 0 unspecified atom stereocenters. The van der Waals surface area contributed by atoms with Crippen LogP contribution in [0.25, 0.3) is 22.4 Å². The van der Waals surface area contributed by atoms with Crippen molar-refractivity contribution in [3.8, 4) is 23.2 Å². The second kappa shape index (κ2) is 10.1. The molecule has 0 spiro atoms. The molecule has 1 heterocycles. The molecule has 1 aliphatic rings. The summed E-state index contributed by atoms with van der Waals surface area (Å²) >= 11 is 6.30. The number of aromatic nitrogens is 2. The number of rotatable bonds is 6. The van der Waals surface area contributed by atoms with Gasteiger partial charge in [-0.05, 0) is 54.7 Å². The largest absolute Gasteiger partial charge is 0.488 e. The maximum absolute atomic E-state index is 14.2. The highest BCUT2D eigenvalue weighted by Gasteiger charge is 2.22. The molecule has 0 saturated heterocycles. The van der Waals surface area contributed by atoms with E-state index in [2.05, 4.69) is 6.07 Å². The standard InChI is InChI=1S/C28H24ClF2N3O/c29-21-10-11-22(27(12-21)35-17-20-8-6-18(15-32)7-9-20)28-33-25-13-23(30)24(31)14-26(25)34(28)16-19-4-2-1-3-5-19/h6-14,19H,1-5,16-17H2. The summed E-state index contributed by atoms with van der Waals surface area (Å²) in [5.74, 6) is -0.226. The first-order valence-electron chi connectivity index (χ1n) is 11.8. The van der Waals surface area contributed by atoms with Crippen LogP contribution in [0.15, 0.2) is 54.6 Å². The average molecular weight is 492 g/mol. The zero-order chi connectivity index (χ0) is 24.4. The van der Waals surface area contributed by atoms with Gasteiger partial charge in [0.15, 0.2) is 11.6 Å². The lowest BCUT2D eigenvalue weighted by molar-refractivity contribution is 0.306. The van der Waals surface area contributed by atoms with Gasteiger partial charge in [-0.25, -0.2) is 13.8 Å². The second-order valence-corrected chi connectivity index (χ2v) is 9.48. The van der Waals surface area contributed by atoms with Crippen LogP contribution in [0.2, 0.25) is 5.02 Å². The second-order valence-electron chi connectivity index (χ2n) is 9.04.